The molecule has 5 heteroatoms. The molecule has 5 nitrogen and oxygen atoms in total. The van der Waals surface area contributed by atoms with E-state index in [1.54, 1.807) is 0 Å². The molecule has 1 unspecified atom stereocenters. The molecule has 2 aliphatic heterocycles. The molecule has 0 spiro atoms. The largest absolute Gasteiger partial charge is 0.350 e. The molecule has 0 aliphatic carbocycles. The molecule has 0 saturated carbocycles. The number of rotatable bonds is 2. The topological polar surface area (TPSA) is 50.8 Å². The summed E-state index contributed by atoms with van der Waals surface area (Å²) in [6, 6.07) is 14.0. The Morgan fingerprint density at radius 3 is 2.75 bits per heavy atom. The number of fused-ring (bicyclic) bond motifs is 1. The van der Waals surface area contributed by atoms with Gasteiger partial charge >= 0.3 is 6.03 Å². The fraction of sp³-hybridized carbons (Fsp3) is 0.421. The Hall–Kier alpha value is -2.11. The number of hydrogen-bond acceptors (Lipinski definition) is 3. The predicted octanol–water partition coefficient (Wildman–Crippen LogP) is 3.46. The zero-order valence-corrected chi connectivity index (χ0v) is 13.6. The third-order valence-electron chi connectivity index (χ3n) is 4.81. The summed E-state index contributed by atoms with van der Waals surface area (Å²) in [5.41, 5.74) is 0.855. The number of amides is 2. The van der Waals surface area contributed by atoms with Crippen LogP contribution in [0.4, 0.5) is 10.5 Å². The minimum absolute atomic E-state index is 0.0472. The predicted molar refractivity (Wildman–Crippen MR) is 93.0 cm³/mol. The van der Waals surface area contributed by atoms with Crippen LogP contribution in [0.5, 0.6) is 0 Å². The Bertz CT molecular complexity index is 722. The molecule has 1 N–H and O–H groups in total. The highest BCUT2D eigenvalue weighted by atomic mass is 16.7. The van der Waals surface area contributed by atoms with E-state index in [0.717, 1.165) is 35.8 Å². The number of nitrogens with one attached hydrogen (secondary N) is 1. The number of likely N-dealkylation sites (tertiary alicyclic amines) is 1. The molecule has 2 saturated heterocycles. The molecule has 2 fully saturated rings. The quantitative estimate of drug-likeness (QED) is 0.919. The second-order valence-corrected chi connectivity index (χ2v) is 6.42. The zero-order chi connectivity index (χ0) is 16.4. The van der Waals surface area contributed by atoms with E-state index >= 15 is 0 Å². The van der Waals surface area contributed by atoms with Gasteiger partial charge in [-0.05, 0) is 24.3 Å². The Morgan fingerprint density at radius 1 is 1.08 bits per heavy atom. The molecule has 2 aromatic carbocycles. The molecule has 2 amide bonds. The fourth-order valence-electron chi connectivity index (χ4n) is 3.59. The summed E-state index contributed by atoms with van der Waals surface area (Å²) >= 11 is 0. The number of piperidine rings is 1. The summed E-state index contributed by atoms with van der Waals surface area (Å²) in [4.78, 5) is 14.6. The molecule has 4 rings (SSSR count). The molecular formula is C19H22N2O3. The van der Waals surface area contributed by atoms with Crippen molar-refractivity contribution in [2.75, 3.05) is 31.6 Å². The number of nitrogens with zero attached hydrogens (tertiary/aromatic N) is 1. The van der Waals surface area contributed by atoms with Crippen molar-refractivity contribution in [3.8, 4) is 0 Å². The van der Waals surface area contributed by atoms with Crippen LogP contribution in [0.1, 0.15) is 12.8 Å². The van der Waals surface area contributed by atoms with Crippen molar-refractivity contribution in [1.29, 1.82) is 0 Å². The summed E-state index contributed by atoms with van der Waals surface area (Å²) in [5, 5.41) is 5.26. The van der Waals surface area contributed by atoms with Crippen LogP contribution in [0.3, 0.4) is 0 Å². The van der Waals surface area contributed by atoms with Crippen LogP contribution in [0.2, 0.25) is 0 Å². The van der Waals surface area contributed by atoms with Gasteiger partial charge in [0.2, 0.25) is 0 Å². The Kier molecular flexibility index (Phi) is 4.36. The van der Waals surface area contributed by atoms with E-state index in [-0.39, 0.29) is 18.2 Å². The van der Waals surface area contributed by atoms with Crippen LogP contribution >= 0.6 is 0 Å². The smallest absolute Gasteiger partial charge is 0.321 e. The minimum atomic E-state index is -0.154. The van der Waals surface area contributed by atoms with Crippen molar-refractivity contribution in [3.05, 3.63) is 42.5 Å². The molecule has 0 bridgehead atoms. The van der Waals surface area contributed by atoms with Crippen molar-refractivity contribution < 1.29 is 14.3 Å². The van der Waals surface area contributed by atoms with Gasteiger partial charge in [0.1, 0.15) is 0 Å². The number of hydrogen-bond donors (Lipinski definition) is 1. The van der Waals surface area contributed by atoms with Crippen LogP contribution in [0.15, 0.2) is 42.5 Å². The monoisotopic (exact) mass is 326 g/mol. The number of carbonyl (C=O) groups excluding carboxylic acids is 1. The van der Waals surface area contributed by atoms with Crippen molar-refractivity contribution in [1.82, 2.24) is 4.90 Å². The molecule has 2 aromatic rings. The Balaban J connectivity index is 1.47. The third-order valence-corrected chi connectivity index (χ3v) is 4.81. The average Bonchev–Trinajstić information content (AvgIpc) is 3.17. The van der Waals surface area contributed by atoms with Gasteiger partial charge in [0, 0.05) is 24.4 Å². The van der Waals surface area contributed by atoms with Crippen molar-refractivity contribution in [2.24, 2.45) is 5.92 Å². The number of benzene rings is 2. The highest BCUT2D eigenvalue weighted by molar-refractivity contribution is 6.01. The molecule has 24 heavy (non-hydrogen) atoms. The number of carbonyl (C=O) groups is 1. The van der Waals surface area contributed by atoms with Gasteiger partial charge in [0.05, 0.1) is 18.9 Å². The SMILES string of the molecule is O=C(Nc1cccc2ccccc12)N1CCCC(C2OCCO2)C1. The van der Waals surface area contributed by atoms with Crippen molar-refractivity contribution in [3.63, 3.8) is 0 Å². The first kappa shape index (κ1) is 15.4. The van der Waals surface area contributed by atoms with Crippen LogP contribution in [-0.4, -0.2) is 43.5 Å². The maximum absolute atomic E-state index is 12.7. The first-order valence-corrected chi connectivity index (χ1v) is 8.58. The lowest BCUT2D eigenvalue weighted by molar-refractivity contribution is -0.0959. The van der Waals surface area contributed by atoms with E-state index in [4.69, 9.17) is 9.47 Å². The summed E-state index contributed by atoms with van der Waals surface area (Å²) in [5.74, 6) is 0.263. The number of urea groups is 1. The zero-order valence-electron chi connectivity index (χ0n) is 13.6. The van der Waals surface area contributed by atoms with Crippen LogP contribution in [0.25, 0.3) is 10.8 Å². The second kappa shape index (κ2) is 6.79. The van der Waals surface area contributed by atoms with Gasteiger partial charge < -0.3 is 19.7 Å². The number of anilines is 1. The highest BCUT2D eigenvalue weighted by Crippen LogP contribution is 2.27. The van der Waals surface area contributed by atoms with E-state index in [1.807, 2.05) is 35.2 Å². The standard InChI is InChI=1S/C19H22N2O3/c22-19(20-17-9-3-6-14-5-1-2-8-16(14)17)21-10-4-7-15(13-21)18-23-11-12-24-18/h1-3,5-6,8-9,15,18H,4,7,10-13H2,(H,20,22). The van der Waals surface area contributed by atoms with E-state index in [9.17, 15) is 4.79 Å². The van der Waals surface area contributed by atoms with Gasteiger partial charge in [-0.15, -0.1) is 0 Å². The van der Waals surface area contributed by atoms with Gasteiger partial charge in [-0.2, -0.15) is 0 Å². The molecular weight excluding hydrogens is 304 g/mol. The molecule has 2 aliphatic rings. The van der Waals surface area contributed by atoms with Gasteiger partial charge in [-0.25, -0.2) is 4.79 Å². The average molecular weight is 326 g/mol. The highest BCUT2D eigenvalue weighted by Gasteiger charge is 2.32. The molecule has 0 aromatic heterocycles. The number of ether oxygens (including phenoxy) is 2. The third kappa shape index (κ3) is 3.09. The van der Waals surface area contributed by atoms with E-state index < -0.39 is 0 Å². The summed E-state index contributed by atoms with van der Waals surface area (Å²) in [6.45, 7) is 2.77. The summed E-state index contributed by atoms with van der Waals surface area (Å²) in [7, 11) is 0. The van der Waals surface area contributed by atoms with E-state index in [1.165, 1.54) is 0 Å². The van der Waals surface area contributed by atoms with Crippen molar-refractivity contribution >= 4 is 22.5 Å². The summed E-state index contributed by atoms with van der Waals surface area (Å²) in [6.07, 6.45) is 1.87. The first-order valence-electron chi connectivity index (χ1n) is 8.58. The lowest BCUT2D eigenvalue weighted by atomic mass is 9.97. The minimum Gasteiger partial charge on any atom is -0.350 e. The van der Waals surface area contributed by atoms with Gasteiger partial charge in [-0.3, -0.25) is 0 Å². The van der Waals surface area contributed by atoms with Crippen LogP contribution in [-0.2, 0) is 9.47 Å². The lowest BCUT2D eigenvalue weighted by Gasteiger charge is -2.34. The van der Waals surface area contributed by atoms with E-state index in [2.05, 4.69) is 17.4 Å². The molecule has 1 atom stereocenters. The molecule has 0 radical (unpaired) electrons. The lowest BCUT2D eigenvalue weighted by Crippen LogP contribution is -2.45. The fourth-order valence-corrected chi connectivity index (χ4v) is 3.59. The Labute approximate surface area is 141 Å². The normalized spacial score (nSPS) is 22.0. The van der Waals surface area contributed by atoms with Gasteiger partial charge in [-0.1, -0.05) is 36.4 Å². The van der Waals surface area contributed by atoms with Crippen molar-refractivity contribution in [2.45, 2.75) is 19.1 Å². The maximum Gasteiger partial charge on any atom is 0.321 e. The summed E-state index contributed by atoms with van der Waals surface area (Å²) < 4.78 is 11.2. The Morgan fingerprint density at radius 2 is 1.88 bits per heavy atom. The van der Waals surface area contributed by atoms with Gasteiger partial charge in [0.25, 0.3) is 0 Å². The van der Waals surface area contributed by atoms with Crippen LogP contribution < -0.4 is 5.32 Å². The second-order valence-electron chi connectivity index (χ2n) is 6.42. The van der Waals surface area contributed by atoms with E-state index in [0.29, 0.717) is 19.8 Å². The molecule has 2 heterocycles. The van der Waals surface area contributed by atoms with Gasteiger partial charge in [0.15, 0.2) is 6.29 Å². The first-order chi connectivity index (χ1) is 11.8. The van der Waals surface area contributed by atoms with Crippen LogP contribution in [0, 0.1) is 5.92 Å². The maximum atomic E-state index is 12.7. The molecule has 126 valence electrons.